The molecule has 0 heterocycles. The molecule has 1 rings (SSSR count). The van der Waals surface area contributed by atoms with Gasteiger partial charge in [0.2, 0.25) is 0 Å². The number of rotatable bonds is 5. The molecule has 98 valence electrons. The van der Waals surface area contributed by atoms with Crippen LogP contribution in [0.4, 0.5) is 0 Å². The van der Waals surface area contributed by atoms with E-state index < -0.39 is 0 Å². The highest BCUT2D eigenvalue weighted by Crippen LogP contribution is 2.32. The van der Waals surface area contributed by atoms with Gasteiger partial charge in [0.25, 0.3) is 0 Å². The third kappa shape index (κ3) is 4.29. The smallest absolute Gasteiger partial charge is 0.0684 e. The lowest BCUT2D eigenvalue weighted by molar-refractivity contribution is 0.0977. The molecule has 2 unspecified atom stereocenters. The molecule has 2 N–H and O–H groups in total. The largest absolute Gasteiger partial charge is 0.394 e. The lowest BCUT2D eigenvalue weighted by atomic mass is 9.76. The zero-order valence-corrected chi connectivity index (χ0v) is 11.4. The van der Waals surface area contributed by atoms with Crippen molar-refractivity contribution in [2.45, 2.75) is 58.4 Å². The van der Waals surface area contributed by atoms with Crippen LogP contribution in [0.25, 0.3) is 0 Å². The van der Waals surface area contributed by atoms with Crippen LogP contribution in [-0.2, 0) is 0 Å². The molecule has 0 amide bonds. The number of hydrogen-bond acceptors (Lipinski definition) is 3. The Bertz CT molecular complexity index is 282. The number of nitriles is 1. The maximum absolute atomic E-state index is 9.62. The molecule has 17 heavy (non-hydrogen) atoms. The second-order valence-electron chi connectivity index (χ2n) is 6.31. The van der Waals surface area contributed by atoms with Crippen LogP contribution in [0.2, 0.25) is 0 Å². The van der Waals surface area contributed by atoms with Crippen LogP contribution in [0.3, 0.4) is 0 Å². The summed E-state index contributed by atoms with van der Waals surface area (Å²) in [6.07, 6.45) is 5.40. The molecule has 0 aromatic rings. The fourth-order valence-corrected chi connectivity index (χ4v) is 2.72. The number of aliphatic hydroxyl groups is 1. The first-order chi connectivity index (χ1) is 7.93. The molecule has 0 saturated heterocycles. The van der Waals surface area contributed by atoms with E-state index in [0.29, 0.717) is 5.92 Å². The molecule has 2 atom stereocenters. The van der Waals surface area contributed by atoms with E-state index in [4.69, 9.17) is 5.26 Å². The SMILES string of the molecule is CC1CCCC(CO)(NCCC(C)(C)C#N)C1. The van der Waals surface area contributed by atoms with Crippen LogP contribution in [0.15, 0.2) is 0 Å². The fourth-order valence-electron chi connectivity index (χ4n) is 2.72. The Morgan fingerprint density at radius 2 is 2.24 bits per heavy atom. The topological polar surface area (TPSA) is 56.0 Å². The average Bonchev–Trinajstić information content (AvgIpc) is 2.29. The van der Waals surface area contributed by atoms with Crippen molar-refractivity contribution in [3.05, 3.63) is 0 Å². The van der Waals surface area contributed by atoms with Crippen molar-refractivity contribution in [2.24, 2.45) is 11.3 Å². The Kier molecular flexibility index (Phi) is 4.97. The molecule has 1 aliphatic carbocycles. The van der Waals surface area contributed by atoms with Gasteiger partial charge in [0.05, 0.1) is 18.1 Å². The maximum atomic E-state index is 9.62. The van der Waals surface area contributed by atoms with E-state index in [1.807, 2.05) is 13.8 Å². The van der Waals surface area contributed by atoms with Crippen LogP contribution in [0.5, 0.6) is 0 Å². The van der Waals surface area contributed by atoms with Gasteiger partial charge in [-0.1, -0.05) is 19.8 Å². The van der Waals surface area contributed by atoms with Gasteiger partial charge >= 0.3 is 0 Å². The zero-order valence-electron chi connectivity index (χ0n) is 11.4. The van der Waals surface area contributed by atoms with E-state index in [0.717, 1.165) is 25.8 Å². The van der Waals surface area contributed by atoms with E-state index in [1.165, 1.54) is 12.8 Å². The molecule has 0 aromatic heterocycles. The number of aliphatic hydroxyl groups excluding tert-OH is 1. The molecule has 1 fully saturated rings. The lowest BCUT2D eigenvalue weighted by Gasteiger charge is -2.40. The first-order valence-electron chi connectivity index (χ1n) is 6.70. The minimum absolute atomic E-state index is 0.0940. The summed E-state index contributed by atoms with van der Waals surface area (Å²) in [6, 6.07) is 2.32. The molecule has 0 aromatic carbocycles. The first kappa shape index (κ1) is 14.5. The summed E-state index contributed by atoms with van der Waals surface area (Å²) in [5.41, 5.74) is -0.368. The third-order valence-corrected chi connectivity index (χ3v) is 3.95. The summed E-state index contributed by atoms with van der Waals surface area (Å²) < 4.78 is 0. The van der Waals surface area contributed by atoms with Crippen molar-refractivity contribution >= 4 is 0 Å². The molecule has 1 saturated carbocycles. The van der Waals surface area contributed by atoms with Crippen LogP contribution < -0.4 is 5.32 Å². The third-order valence-electron chi connectivity index (χ3n) is 3.95. The summed E-state index contributed by atoms with van der Waals surface area (Å²) in [5, 5.41) is 22.1. The van der Waals surface area contributed by atoms with Gasteiger partial charge in [-0.25, -0.2) is 0 Å². The molecule has 3 nitrogen and oxygen atoms in total. The first-order valence-corrected chi connectivity index (χ1v) is 6.70. The standard InChI is InChI=1S/C14H26N2O/c1-12-5-4-6-14(9-12,11-17)16-8-7-13(2,3)10-15/h12,16-17H,4-9,11H2,1-3H3. The molecule has 0 radical (unpaired) electrons. The second-order valence-corrected chi connectivity index (χ2v) is 6.31. The average molecular weight is 238 g/mol. The van der Waals surface area contributed by atoms with Crippen molar-refractivity contribution in [3.63, 3.8) is 0 Å². The molecule has 0 spiro atoms. The Hall–Kier alpha value is -0.590. The highest BCUT2D eigenvalue weighted by atomic mass is 16.3. The maximum Gasteiger partial charge on any atom is 0.0684 e. The normalized spacial score (nSPS) is 29.9. The van der Waals surface area contributed by atoms with Gasteiger partial charge in [0.15, 0.2) is 0 Å². The highest BCUT2D eigenvalue weighted by Gasteiger charge is 2.34. The number of hydrogen-bond donors (Lipinski definition) is 2. The molecule has 0 bridgehead atoms. The monoisotopic (exact) mass is 238 g/mol. The van der Waals surface area contributed by atoms with Crippen LogP contribution in [-0.4, -0.2) is 23.8 Å². The van der Waals surface area contributed by atoms with Crippen LogP contribution >= 0.6 is 0 Å². The predicted octanol–water partition coefficient (Wildman–Crippen LogP) is 2.46. The summed E-state index contributed by atoms with van der Waals surface area (Å²) >= 11 is 0. The highest BCUT2D eigenvalue weighted by molar-refractivity contribution is 4.95. The lowest BCUT2D eigenvalue weighted by Crippen LogP contribution is -2.52. The van der Waals surface area contributed by atoms with Crippen LogP contribution in [0.1, 0.15) is 52.9 Å². The molecule has 1 aliphatic rings. The quantitative estimate of drug-likeness (QED) is 0.773. The molecular weight excluding hydrogens is 212 g/mol. The summed E-state index contributed by atoms with van der Waals surface area (Å²) in [5.74, 6) is 0.687. The van der Waals surface area contributed by atoms with Gasteiger partial charge < -0.3 is 10.4 Å². The van der Waals surface area contributed by atoms with E-state index >= 15 is 0 Å². The second kappa shape index (κ2) is 5.84. The van der Waals surface area contributed by atoms with Gasteiger partial charge in [-0.15, -0.1) is 0 Å². The number of nitrogens with one attached hydrogen (secondary N) is 1. The van der Waals surface area contributed by atoms with Crippen molar-refractivity contribution in [1.82, 2.24) is 5.32 Å². The van der Waals surface area contributed by atoms with E-state index in [2.05, 4.69) is 18.3 Å². The molecule has 3 heteroatoms. The van der Waals surface area contributed by atoms with Gasteiger partial charge in [-0.3, -0.25) is 0 Å². The van der Waals surface area contributed by atoms with Crippen molar-refractivity contribution < 1.29 is 5.11 Å². The predicted molar refractivity (Wildman–Crippen MR) is 69.5 cm³/mol. The van der Waals surface area contributed by atoms with Crippen LogP contribution in [0, 0.1) is 22.7 Å². The van der Waals surface area contributed by atoms with Crippen molar-refractivity contribution in [1.29, 1.82) is 5.26 Å². The Morgan fingerprint density at radius 3 is 2.76 bits per heavy atom. The van der Waals surface area contributed by atoms with E-state index in [1.54, 1.807) is 0 Å². The van der Waals surface area contributed by atoms with Gasteiger partial charge in [0, 0.05) is 5.54 Å². The molecule has 0 aliphatic heterocycles. The minimum atomic E-state index is -0.274. The van der Waals surface area contributed by atoms with E-state index in [9.17, 15) is 5.11 Å². The van der Waals surface area contributed by atoms with Gasteiger partial charge in [-0.05, 0) is 45.6 Å². The van der Waals surface area contributed by atoms with Crippen molar-refractivity contribution in [2.75, 3.05) is 13.2 Å². The van der Waals surface area contributed by atoms with Gasteiger partial charge in [0.1, 0.15) is 0 Å². The summed E-state index contributed by atoms with van der Waals surface area (Å²) in [4.78, 5) is 0. The van der Waals surface area contributed by atoms with Crippen molar-refractivity contribution in [3.8, 4) is 6.07 Å². The Morgan fingerprint density at radius 1 is 1.53 bits per heavy atom. The zero-order chi connectivity index (χ0) is 12.9. The van der Waals surface area contributed by atoms with Gasteiger partial charge in [-0.2, -0.15) is 5.26 Å². The number of nitrogens with zero attached hydrogens (tertiary/aromatic N) is 1. The minimum Gasteiger partial charge on any atom is -0.394 e. The Labute approximate surface area is 105 Å². The Balaban J connectivity index is 2.45. The summed E-state index contributed by atoms with van der Waals surface area (Å²) in [6.45, 7) is 7.20. The summed E-state index contributed by atoms with van der Waals surface area (Å²) in [7, 11) is 0. The molecular formula is C14H26N2O. The van der Waals surface area contributed by atoms with E-state index in [-0.39, 0.29) is 17.6 Å². The fraction of sp³-hybridized carbons (Fsp3) is 0.929.